The molecule has 1 aromatic rings. The molecule has 0 saturated carbocycles. The predicted molar refractivity (Wildman–Crippen MR) is 93.6 cm³/mol. The van der Waals surface area contributed by atoms with Gasteiger partial charge in [0.05, 0.1) is 18.8 Å². The van der Waals surface area contributed by atoms with E-state index in [9.17, 15) is 9.59 Å². The lowest BCUT2D eigenvalue weighted by Gasteiger charge is -2.15. The predicted octanol–water partition coefficient (Wildman–Crippen LogP) is 4.16. The number of ether oxygens (including phenoxy) is 2. The average molecular weight is 330 g/mol. The van der Waals surface area contributed by atoms with Gasteiger partial charge >= 0.3 is 11.9 Å². The van der Waals surface area contributed by atoms with Crippen molar-refractivity contribution in [3.8, 4) is 0 Å². The first-order valence-electron chi connectivity index (χ1n) is 8.74. The number of fused-ring (bicyclic) bond motifs is 1. The molecule has 0 saturated heterocycles. The third-order valence-corrected chi connectivity index (χ3v) is 4.12. The van der Waals surface area contributed by atoms with Gasteiger partial charge in [0, 0.05) is 0 Å². The molecule has 1 atom stereocenters. The fourth-order valence-corrected chi connectivity index (χ4v) is 2.72. The molecule has 1 aliphatic carbocycles. The molecule has 24 heavy (non-hydrogen) atoms. The van der Waals surface area contributed by atoms with Crippen LogP contribution in [0.2, 0.25) is 0 Å². The minimum Gasteiger partial charge on any atom is -0.465 e. The van der Waals surface area contributed by atoms with Crippen LogP contribution in [0.4, 0.5) is 0 Å². The van der Waals surface area contributed by atoms with Crippen LogP contribution in [-0.4, -0.2) is 25.2 Å². The van der Waals surface area contributed by atoms with E-state index < -0.39 is 11.9 Å². The van der Waals surface area contributed by atoms with Crippen LogP contribution in [0.1, 0.15) is 62.1 Å². The first kappa shape index (κ1) is 18.2. The summed E-state index contributed by atoms with van der Waals surface area (Å²) in [5.74, 6) is -1.47. The quantitative estimate of drug-likeness (QED) is 0.530. The first-order chi connectivity index (χ1) is 11.6. The maximum atomic E-state index is 12.5. The molecule has 4 heteroatoms. The Labute approximate surface area is 143 Å². The number of carbonyl (C=O) groups excluding carboxylic acids is 2. The highest BCUT2D eigenvalue weighted by Gasteiger charge is 2.37. The van der Waals surface area contributed by atoms with Crippen molar-refractivity contribution in [3.05, 3.63) is 40.5 Å². The number of benzene rings is 1. The van der Waals surface area contributed by atoms with E-state index in [-0.39, 0.29) is 5.97 Å². The molecule has 0 fully saturated rings. The molecule has 0 radical (unpaired) electrons. The standard InChI is InChI=1S/C20H26O4/c1-4-6-10-23-19(21)17-13-15-12-14(3)8-9-16(15)18(17)20(22)24-11-7-5-2/h8-9,12-13,18H,4-7,10-11H2,1-3H3. The zero-order valence-electron chi connectivity index (χ0n) is 14.8. The number of rotatable bonds is 8. The zero-order valence-corrected chi connectivity index (χ0v) is 14.8. The van der Waals surface area contributed by atoms with Gasteiger partial charge in [0.1, 0.15) is 5.92 Å². The molecular weight excluding hydrogens is 304 g/mol. The number of esters is 2. The van der Waals surface area contributed by atoms with Crippen LogP contribution in [0, 0.1) is 6.92 Å². The summed E-state index contributed by atoms with van der Waals surface area (Å²) in [7, 11) is 0. The average Bonchev–Trinajstić information content (AvgIpc) is 2.93. The van der Waals surface area contributed by atoms with Crippen LogP contribution in [0.15, 0.2) is 23.8 Å². The first-order valence-corrected chi connectivity index (χ1v) is 8.74. The van der Waals surface area contributed by atoms with E-state index in [4.69, 9.17) is 9.47 Å². The normalized spacial score (nSPS) is 15.6. The lowest BCUT2D eigenvalue weighted by Crippen LogP contribution is -2.22. The Morgan fingerprint density at radius 3 is 2.38 bits per heavy atom. The van der Waals surface area contributed by atoms with Crippen LogP contribution >= 0.6 is 0 Å². The third-order valence-electron chi connectivity index (χ3n) is 4.12. The van der Waals surface area contributed by atoms with Crippen molar-refractivity contribution in [2.45, 2.75) is 52.4 Å². The van der Waals surface area contributed by atoms with Gasteiger partial charge in [-0.15, -0.1) is 0 Å². The Hall–Kier alpha value is -2.10. The number of aryl methyl sites for hydroxylation is 1. The summed E-state index contributed by atoms with van der Waals surface area (Å²) in [5.41, 5.74) is 3.19. The van der Waals surface area contributed by atoms with Crippen molar-refractivity contribution in [1.29, 1.82) is 0 Å². The SMILES string of the molecule is CCCCOC(=O)C1=Cc2cc(C)ccc2C1C(=O)OCCCC. The third kappa shape index (κ3) is 4.25. The van der Waals surface area contributed by atoms with E-state index in [1.54, 1.807) is 6.08 Å². The molecule has 130 valence electrons. The highest BCUT2D eigenvalue weighted by molar-refractivity contribution is 6.05. The number of carbonyl (C=O) groups is 2. The van der Waals surface area contributed by atoms with E-state index in [1.165, 1.54) is 0 Å². The summed E-state index contributed by atoms with van der Waals surface area (Å²) in [4.78, 5) is 25.0. The highest BCUT2D eigenvalue weighted by Crippen LogP contribution is 2.38. The van der Waals surface area contributed by atoms with Gasteiger partial charge in [0.25, 0.3) is 0 Å². The molecule has 1 unspecified atom stereocenters. The van der Waals surface area contributed by atoms with Crippen molar-refractivity contribution in [2.75, 3.05) is 13.2 Å². The minimum absolute atomic E-state index is 0.371. The Bertz CT molecular complexity index is 631. The largest absolute Gasteiger partial charge is 0.465 e. The lowest BCUT2D eigenvalue weighted by molar-refractivity contribution is -0.147. The maximum absolute atomic E-state index is 12.5. The molecule has 0 spiro atoms. The summed E-state index contributed by atoms with van der Waals surface area (Å²) >= 11 is 0. The number of unbranched alkanes of at least 4 members (excludes halogenated alkanes) is 2. The molecule has 0 N–H and O–H groups in total. The summed E-state index contributed by atoms with van der Waals surface area (Å²) in [6, 6.07) is 5.83. The van der Waals surface area contributed by atoms with Gasteiger partial charge in [-0.25, -0.2) is 4.79 Å². The molecule has 0 aromatic heterocycles. The van der Waals surface area contributed by atoms with E-state index in [2.05, 4.69) is 0 Å². The van der Waals surface area contributed by atoms with Crippen molar-refractivity contribution in [3.63, 3.8) is 0 Å². The van der Waals surface area contributed by atoms with E-state index in [1.807, 2.05) is 39.0 Å². The molecule has 2 rings (SSSR count). The molecule has 0 amide bonds. The van der Waals surface area contributed by atoms with E-state index in [0.29, 0.717) is 18.8 Å². The second-order valence-corrected chi connectivity index (χ2v) is 6.18. The summed E-state index contributed by atoms with van der Waals surface area (Å²) < 4.78 is 10.7. The van der Waals surface area contributed by atoms with Crippen molar-refractivity contribution in [2.24, 2.45) is 0 Å². The molecule has 4 nitrogen and oxygen atoms in total. The Morgan fingerprint density at radius 2 is 1.71 bits per heavy atom. The Balaban J connectivity index is 2.21. The Kier molecular flexibility index (Phi) is 6.59. The maximum Gasteiger partial charge on any atom is 0.335 e. The van der Waals surface area contributed by atoms with Crippen molar-refractivity contribution >= 4 is 18.0 Å². The second-order valence-electron chi connectivity index (χ2n) is 6.18. The topological polar surface area (TPSA) is 52.6 Å². The molecule has 0 bridgehead atoms. The Morgan fingerprint density at radius 1 is 1.04 bits per heavy atom. The fraction of sp³-hybridized carbons (Fsp3) is 0.500. The molecular formula is C20H26O4. The lowest BCUT2D eigenvalue weighted by atomic mass is 9.95. The van der Waals surface area contributed by atoms with E-state index in [0.717, 1.165) is 42.4 Å². The van der Waals surface area contributed by atoms with Gasteiger partial charge in [0.2, 0.25) is 0 Å². The van der Waals surface area contributed by atoms with Crippen molar-refractivity contribution < 1.29 is 19.1 Å². The van der Waals surface area contributed by atoms with Gasteiger partial charge in [0.15, 0.2) is 0 Å². The number of hydrogen-bond acceptors (Lipinski definition) is 4. The van der Waals surface area contributed by atoms with Gasteiger partial charge in [-0.3, -0.25) is 4.79 Å². The molecule has 0 aliphatic heterocycles. The zero-order chi connectivity index (χ0) is 17.5. The van der Waals surface area contributed by atoms with Crippen molar-refractivity contribution in [1.82, 2.24) is 0 Å². The van der Waals surface area contributed by atoms with Gasteiger partial charge in [-0.1, -0.05) is 50.5 Å². The summed E-state index contributed by atoms with van der Waals surface area (Å²) in [5, 5.41) is 0. The van der Waals surface area contributed by atoms with Crippen LogP contribution in [0.25, 0.3) is 6.08 Å². The van der Waals surface area contributed by atoms with Crippen LogP contribution in [-0.2, 0) is 19.1 Å². The van der Waals surface area contributed by atoms with Gasteiger partial charge in [-0.05, 0) is 37.0 Å². The number of hydrogen-bond donors (Lipinski definition) is 0. The summed E-state index contributed by atoms with van der Waals surface area (Å²) in [6.45, 7) is 6.82. The molecule has 1 aliphatic rings. The summed E-state index contributed by atoms with van der Waals surface area (Å²) in [6.07, 6.45) is 5.31. The van der Waals surface area contributed by atoms with E-state index >= 15 is 0 Å². The van der Waals surface area contributed by atoms with Crippen LogP contribution in [0.3, 0.4) is 0 Å². The van der Waals surface area contributed by atoms with Gasteiger partial charge < -0.3 is 9.47 Å². The smallest absolute Gasteiger partial charge is 0.335 e. The van der Waals surface area contributed by atoms with Crippen LogP contribution in [0.5, 0.6) is 0 Å². The molecule has 1 aromatic carbocycles. The monoisotopic (exact) mass is 330 g/mol. The minimum atomic E-state index is -0.674. The van der Waals surface area contributed by atoms with Gasteiger partial charge in [-0.2, -0.15) is 0 Å². The fourth-order valence-electron chi connectivity index (χ4n) is 2.72. The highest BCUT2D eigenvalue weighted by atomic mass is 16.5. The van der Waals surface area contributed by atoms with Crippen LogP contribution < -0.4 is 0 Å². The molecule has 0 heterocycles. The second kappa shape index (κ2) is 8.67.